The molecule has 2 aromatic carbocycles. The van der Waals surface area contributed by atoms with Crippen LogP contribution in [0.1, 0.15) is 35.3 Å². The van der Waals surface area contributed by atoms with Gasteiger partial charge in [-0.2, -0.15) is 0 Å². The lowest BCUT2D eigenvalue weighted by Gasteiger charge is -2.20. The van der Waals surface area contributed by atoms with E-state index < -0.39 is 17.9 Å². The van der Waals surface area contributed by atoms with Crippen LogP contribution < -0.4 is 10.6 Å². The first kappa shape index (κ1) is 20.5. The molecule has 7 heteroatoms. The molecule has 2 aromatic rings. The molecule has 0 spiro atoms. The minimum Gasteiger partial charge on any atom is -0.481 e. The molecule has 0 bridgehead atoms. The minimum atomic E-state index is -0.984. The van der Waals surface area contributed by atoms with Crippen molar-refractivity contribution in [3.63, 3.8) is 0 Å². The van der Waals surface area contributed by atoms with Crippen LogP contribution in [0.2, 0.25) is 5.02 Å². The molecule has 0 aliphatic rings. The summed E-state index contributed by atoms with van der Waals surface area (Å²) in [6, 6.07) is 15.2. The van der Waals surface area contributed by atoms with Gasteiger partial charge in [0.05, 0.1) is 29.0 Å². The number of hydrogen-bond acceptors (Lipinski definition) is 3. The van der Waals surface area contributed by atoms with Crippen LogP contribution in [0, 0.1) is 5.92 Å². The smallest absolute Gasteiger partial charge is 0.308 e. The van der Waals surface area contributed by atoms with E-state index in [4.69, 9.17) is 16.7 Å². The van der Waals surface area contributed by atoms with E-state index >= 15 is 0 Å². The Labute approximate surface area is 162 Å². The molecule has 0 aliphatic heterocycles. The van der Waals surface area contributed by atoms with E-state index in [9.17, 15) is 14.4 Å². The Balaban J connectivity index is 2.10. The van der Waals surface area contributed by atoms with E-state index in [-0.39, 0.29) is 24.8 Å². The second-order valence-corrected chi connectivity index (χ2v) is 6.57. The van der Waals surface area contributed by atoms with Gasteiger partial charge in [0.2, 0.25) is 5.91 Å². The number of carbonyl (C=O) groups excluding carboxylic acids is 2. The second-order valence-electron chi connectivity index (χ2n) is 6.16. The first-order valence-electron chi connectivity index (χ1n) is 8.48. The van der Waals surface area contributed by atoms with E-state index in [0.717, 1.165) is 5.56 Å². The van der Waals surface area contributed by atoms with Crippen molar-refractivity contribution in [2.75, 3.05) is 6.54 Å². The topological polar surface area (TPSA) is 95.5 Å². The number of benzene rings is 2. The maximum absolute atomic E-state index is 12.6. The van der Waals surface area contributed by atoms with Crippen molar-refractivity contribution < 1.29 is 19.5 Å². The van der Waals surface area contributed by atoms with Gasteiger partial charge >= 0.3 is 5.97 Å². The number of amides is 2. The van der Waals surface area contributed by atoms with Crippen LogP contribution in [-0.2, 0) is 9.59 Å². The van der Waals surface area contributed by atoms with Crippen LogP contribution >= 0.6 is 11.6 Å². The molecular weight excluding hydrogens is 368 g/mol. The van der Waals surface area contributed by atoms with Crippen LogP contribution in [0.25, 0.3) is 0 Å². The van der Waals surface area contributed by atoms with E-state index in [1.165, 1.54) is 6.92 Å². The third kappa shape index (κ3) is 6.11. The van der Waals surface area contributed by atoms with Crippen molar-refractivity contribution in [3.8, 4) is 0 Å². The third-order valence-electron chi connectivity index (χ3n) is 4.04. The van der Waals surface area contributed by atoms with Gasteiger partial charge in [0.15, 0.2) is 0 Å². The van der Waals surface area contributed by atoms with Crippen LogP contribution in [0.5, 0.6) is 0 Å². The highest BCUT2D eigenvalue weighted by atomic mass is 35.5. The molecule has 27 heavy (non-hydrogen) atoms. The lowest BCUT2D eigenvalue weighted by Crippen LogP contribution is -2.36. The van der Waals surface area contributed by atoms with Crippen molar-refractivity contribution >= 4 is 29.4 Å². The molecule has 0 saturated heterocycles. The van der Waals surface area contributed by atoms with E-state index in [0.29, 0.717) is 10.6 Å². The fourth-order valence-corrected chi connectivity index (χ4v) is 2.65. The zero-order valence-electron chi connectivity index (χ0n) is 14.8. The summed E-state index contributed by atoms with van der Waals surface area (Å²) in [6.07, 6.45) is -0.0213. The average Bonchev–Trinajstić information content (AvgIpc) is 2.66. The molecule has 0 fully saturated rings. The van der Waals surface area contributed by atoms with Gasteiger partial charge in [-0.15, -0.1) is 0 Å². The van der Waals surface area contributed by atoms with Crippen molar-refractivity contribution in [3.05, 3.63) is 70.7 Å². The van der Waals surface area contributed by atoms with Gasteiger partial charge in [-0.25, -0.2) is 0 Å². The summed E-state index contributed by atoms with van der Waals surface area (Å²) >= 11 is 6.07. The van der Waals surface area contributed by atoms with Gasteiger partial charge in [0.1, 0.15) is 0 Å². The Kier molecular flexibility index (Phi) is 7.37. The highest BCUT2D eigenvalue weighted by molar-refractivity contribution is 6.33. The summed E-state index contributed by atoms with van der Waals surface area (Å²) in [7, 11) is 0. The maximum Gasteiger partial charge on any atom is 0.308 e. The number of carbonyl (C=O) groups is 3. The predicted octanol–water partition coefficient (Wildman–Crippen LogP) is 3.04. The molecule has 0 saturated carbocycles. The Morgan fingerprint density at radius 1 is 1.04 bits per heavy atom. The van der Waals surface area contributed by atoms with Crippen molar-refractivity contribution in [2.24, 2.45) is 5.92 Å². The normalized spacial score (nSPS) is 12.7. The quantitative estimate of drug-likeness (QED) is 0.647. The molecule has 142 valence electrons. The number of carboxylic acids is 1. The number of halogens is 1. The van der Waals surface area contributed by atoms with Crippen molar-refractivity contribution in [2.45, 2.75) is 19.4 Å². The SMILES string of the molecule is CC(CNC(=O)CC(NC(=O)c1ccccc1Cl)c1ccccc1)C(=O)O. The number of hydrogen-bond donors (Lipinski definition) is 3. The summed E-state index contributed by atoms with van der Waals surface area (Å²) in [6.45, 7) is 1.53. The fourth-order valence-electron chi connectivity index (χ4n) is 2.43. The van der Waals surface area contributed by atoms with Gasteiger partial charge < -0.3 is 15.7 Å². The third-order valence-corrected chi connectivity index (χ3v) is 4.37. The minimum absolute atomic E-state index is 0.0213. The second kappa shape index (κ2) is 9.73. The Hall–Kier alpha value is -2.86. The lowest BCUT2D eigenvalue weighted by molar-refractivity contribution is -0.141. The Morgan fingerprint density at radius 3 is 2.30 bits per heavy atom. The summed E-state index contributed by atoms with van der Waals surface area (Å²) in [5.41, 5.74) is 1.08. The largest absolute Gasteiger partial charge is 0.481 e. The first-order valence-corrected chi connectivity index (χ1v) is 8.86. The van der Waals surface area contributed by atoms with Crippen molar-refractivity contribution in [1.82, 2.24) is 10.6 Å². The predicted molar refractivity (Wildman–Crippen MR) is 103 cm³/mol. The molecular formula is C20H21ClN2O4. The molecule has 3 N–H and O–H groups in total. The summed E-state index contributed by atoms with van der Waals surface area (Å²) in [5.74, 6) is -2.42. The van der Waals surface area contributed by atoms with Crippen molar-refractivity contribution in [1.29, 1.82) is 0 Å². The molecule has 2 amide bonds. The van der Waals surface area contributed by atoms with E-state index in [1.54, 1.807) is 24.3 Å². The summed E-state index contributed by atoms with van der Waals surface area (Å²) in [4.78, 5) is 35.7. The number of aliphatic carboxylic acids is 1. The van der Waals surface area contributed by atoms with Crippen LogP contribution in [-0.4, -0.2) is 29.4 Å². The summed E-state index contributed by atoms with van der Waals surface area (Å²) in [5, 5.41) is 14.6. The van der Waals surface area contributed by atoms with Gasteiger partial charge in [-0.3, -0.25) is 14.4 Å². The number of carboxylic acid groups (broad SMARTS) is 1. The molecule has 0 heterocycles. The van der Waals surface area contributed by atoms with E-state index in [1.807, 2.05) is 30.3 Å². The fraction of sp³-hybridized carbons (Fsp3) is 0.250. The van der Waals surface area contributed by atoms with Gasteiger partial charge in [-0.1, -0.05) is 61.0 Å². The molecule has 0 aliphatic carbocycles. The molecule has 6 nitrogen and oxygen atoms in total. The zero-order valence-corrected chi connectivity index (χ0v) is 15.6. The van der Waals surface area contributed by atoms with Crippen LogP contribution in [0.15, 0.2) is 54.6 Å². The molecule has 2 unspecified atom stereocenters. The Bertz CT molecular complexity index is 811. The maximum atomic E-state index is 12.6. The highest BCUT2D eigenvalue weighted by Gasteiger charge is 2.21. The summed E-state index contributed by atoms with van der Waals surface area (Å²) < 4.78 is 0. The van der Waals surface area contributed by atoms with Crippen LogP contribution in [0.4, 0.5) is 0 Å². The average molecular weight is 389 g/mol. The monoisotopic (exact) mass is 388 g/mol. The molecule has 2 rings (SSSR count). The van der Waals surface area contributed by atoms with Gasteiger partial charge in [0, 0.05) is 6.54 Å². The molecule has 0 radical (unpaired) electrons. The zero-order chi connectivity index (χ0) is 19.8. The molecule has 2 atom stereocenters. The first-order chi connectivity index (χ1) is 12.9. The standard InChI is InChI=1S/C20H21ClN2O4/c1-13(20(26)27)12-22-18(24)11-17(14-7-3-2-4-8-14)23-19(25)15-9-5-6-10-16(15)21/h2-10,13,17H,11-12H2,1H3,(H,22,24)(H,23,25)(H,26,27). The number of nitrogens with one attached hydrogen (secondary N) is 2. The highest BCUT2D eigenvalue weighted by Crippen LogP contribution is 2.20. The van der Waals surface area contributed by atoms with Gasteiger partial charge in [-0.05, 0) is 17.7 Å². The Morgan fingerprint density at radius 2 is 1.67 bits per heavy atom. The number of rotatable bonds is 8. The lowest BCUT2D eigenvalue weighted by atomic mass is 10.0. The van der Waals surface area contributed by atoms with Gasteiger partial charge in [0.25, 0.3) is 5.91 Å². The van der Waals surface area contributed by atoms with E-state index in [2.05, 4.69) is 10.6 Å². The molecule has 0 aromatic heterocycles. The van der Waals surface area contributed by atoms with Crippen LogP contribution in [0.3, 0.4) is 0 Å².